The van der Waals surface area contributed by atoms with E-state index in [1.807, 2.05) is 0 Å². The molecule has 22 heavy (non-hydrogen) atoms. The van der Waals surface area contributed by atoms with Crippen LogP contribution in [0, 0.1) is 34.5 Å². The van der Waals surface area contributed by atoms with E-state index >= 15 is 0 Å². The normalized spacial score (nSPS) is 57.9. The number of hydrogen-bond acceptors (Lipinski definition) is 3. The number of Topliss-reactive ketones (excluding diaryl/α,β-unsaturated/α-hetero) is 1. The highest BCUT2D eigenvalue weighted by Gasteiger charge is 2.62. The minimum Gasteiger partial charge on any atom is -0.393 e. The largest absolute Gasteiger partial charge is 0.393 e. The van der Waals surface area contributed by atoms with Crippen molar-refractivity contribution in [3.63, 3.8) is 0 Å². The zero-order valence-corrected chi connectivity index (χ0v) is 13.9. The summed E-state index contributed by atoms with van der Waals surface area (Å²) >= 11 is 0. The van der Waals surface area contributed by atoms with Crippen LogP contribution in [0.15, 0.2) is 0 Å². The maximum Gasteiger partial charge on any atom is 0.136 e. The summed E-state index contributed by atoms with van der Waals surface area (Å²) < 4.78 is 0. The molecule has 0 aromatic heterocycles. The maximum absolute atomic E-state index is 13.0. The number of aliphatic hydroxyl groups excluding tert-OH is 2. The topological polar surface area (TPSA) is 57.5 Å². The summed E-state index contributed by atoms with van der Waals surface area (Å²) in [6, 6.07) is 0. The van der Waals surface area contributed by atoms with E-state index in [1.54, 1.807) is 0 Å². The predicted molar refractivity (Wildman–Crippen MR) is 84.1 cm³/mol. The van der Waals surface area contributed by atoms with Crippen molar-refractivity contribution < 1.29 is 15.0 Å². The quantitative estimate of drug-likeness (QED) is 0.723. The number of rotatable bonds is 0. The summed E-state index contributed by atoms with van der Waals surface area (Å²) in [5, 5.41) is 20.5. The fraction of sp³-hybridized carbons (Fsp3) is 0.947. The lowest BCUT2D eigenvalue weighted by Crippen LogP contribution is -2.57. The lowest BCUT2D eigenvalue weighted by atomic mass is 9.45. The van der Waals surface area contributed by atoms with Crippen LogP contribution in [0.4, 0.5) is 0 Å². The Labute approximate surface area is 133 Å². The molecule has 4 fully saturated rings. The monoisotopic (exact) mass is 306 g/mol. The molecule has 3 heteroatoms. The van der Waals surface area contributed by atoms with E-state index in [0.29, 0.717) is 30.0 Å². The van der Waals surface area contributed by atoms with Crippen LogP contribution in [0.2, 0.25) is 0 Å². The summed E-state index contributed by atoms with van der Waals surface area (Å²) in [6.07, 6.45) is 7.07. The van der Waals surface area contributed by atoms with Crippen LogP contribution in [-0.2, 0) is 4.79 Å². The number of fused-ring (bicyclic) bond motifs is 5. The second kappa shape index (κ2) is 4.80. The van der Waals surface area contributed by atoms with Gasteiger partial charge in [-0.15, -0.1) is 0 Å². The number of hydrogen-bond donors (Lipinski definition) is 2. The van der Waals surface area contributed by atoms with Crippen LogP contribution in [0.5, 0.6) is 0 Å². The standard InChI is InChI=1S/C19H30O3/c1-18-7-5-12(20)9-11(18)10-15(21)17-13-3-4-16(22)19(13,2)8-6-14(17)18/h11-14,16-17,20,22H,3-10H2,1-2H3/t11-,12-,13+,14-,16+,17-,18+,19+/m1/s1. The second-order valence-corrected chi connectivity index (χ2v) is 9.18. The molecule has 0 bridgehead atoms. The van der Waals surface area contributed by atoms with Crippen molar-refractivity contribution in [3.05, 3.63) is 0 Å². The molecule has 3 nitrogen and oxygen atoms in total. The van der Waals surface area contributed by atoms with Crippen molar-refractivity contribution in [1.29, 1.82) is 0 Å². The highest BCUT2D eigenvalue weighted by atomic mass is 16.3. The van der Waals surface area contributed by atoms with Crippen LogP contribution in [0.25, 0.3) is 0 Å². The Balaban J connectivity index is 1.69. The molecule has 4 aliphatic carbocycles. The van der Waals surface area contributed by atoms with Crippen molar-refractivity contribution >= 4 is 5.78 Å². The first-order valence-corrected chi connectivity index (χ1v) is 9.25. The van der Waals surface area contributed by atoms with Crippen molar-refractivity contribution in [2.75, 3.05) is 0 Å². The van der Waals surface area contributed by atoms with Crippen LogP contribution < -0.4 is 0 Å². The number of ketones is 1. The van der Waals surface area contributed by atoms with Crippen LogP contribution in [-0.4, -0.2) is 28.2 Å². The van der Waals surface area contributed by atoms with E-state index in [1.165, 1.54) is 0 Å². The Morgan fingerprint density at radius 3 is 2.41 bits per heavy atom. The number of carbonyl (C=O) groups is 1. The number of aliphatic hydroxyl groups is 2. The lowest BCUT2D eigenvalue weighted by molar-refractivity contribution is -0.162. The van der Waals surface area contributed by atoms with Crippen molar-refractivity contribution in [2.45, 2.75) is 77.4 Å². The van der Waals surface area contributed by atoms with Gasteiger partial charge in [-0.05, 0) is 73.5 Å². The molecule has 0 heterocycles. The second-order valence-electron chi connectivity index (χ2n) is 9.18. The molecule has 4 aliphatic rings. The Hall–Kier alpha value is -0.410. The van der Waals surface area contributed by atoms with Gasteiger partial charge in [-0.1, -0.05) is 13.8 Å². The van der Waals surface area contributed by atoms with Crippen LogP contribution >= 0.6 is 0 Å². The SMILES string of the molecule is C[C@]12CC[C@@H](O)C[C@@H]1CC(=O)[C@H]1[C@H]2CC[C@]2(C)[C@@H](O)CC[C@@H]12. The molecule has 4 saturated carbocycles. The minimum atomic E-state index is -0.218. The summed E-state index contributed by atoms with van der Waals surface area (Å²) in [6.45, 7) is 4.61. The molecule has 0 spiro atoms. The van der Waals surface area contributed by atoms with Gasteiger partial charge in [0, 0.05) is 12.3 Å². The first-order chi connectivity index (χ1) is 10.4. The smallest absolute Gasteiger partial charge is 0.136 e. The average Bonchev–Trinajstić information content (AvgIpc) is 2.77. The Morgan fingerprint density at radius 1 is 0.955 bits per heavy atom. The Bertz CT molecular complexity index is 489. The first-order valence-electron chi connectivity index (χ1n) is 9.25. The molecule has 4 rings (SSSR count). The van der Waals surface area contributed by atoms with E-state index in [-0.39, 0.29) is 29.0 Å². The van der Waals surface area contributed by atoms with Gasteiger partial charge in [0.05, 0.1) is 12.2 Å². The summed E-state index contributed by atoms with van der Waals surface area (Å²) in [4.78, 5) is 13.0. The molecule has 0 aliphatic heterocycles. The van der Waals surface area contributed by atoms with E-state index in [4.69, 9.17) is 0 Å². The molecule has 0 aromatic rings. The van der Waals surface area contributed by atoms with Crippen molar-refractivity contribution in [3.8, 4) is 0 Å². The fourth-order valence-corrected chi connectivity index (χ4v) is 6.88. The highest BCUT2D eigenvalue weighted by Crippen LogP contribution is 2.65. The summed E-state index contributed by atoms with van der Waals surface area (Å²) in [5.41, 5.74) is 0.195. The van der Waals surface area contributed by atoms with Crippen molar-refractivity contribution in [2.24, 2.45) is 34.5 Å². The average molecular weight is 306 g/mol. The third-order valence-corrected chi connectivity index (χ3v) is 8.39. The Morgan fingerprint density at radius 2 is 1.64 bits per heavy atom. The van der Waals surface area contributed by atoms with Gasteiger partial charge >= 0.3 is 0 Å². The van der Waals surface area contributed by atoms with Crippen molar-refractivity contribution in [1.82, 2.24) is 0 Å². The molecule has 0 saturated heterocycles. The molecule has 0 amide bonds. The Kier molecular flexibility index (Phi) is 3.30. The number of carbonyl (C=O) groups excluding carboxylic acids is 1. The predicted octanol–water partition coefficient (Wildman–Crippen LogP) is 2.93. The van der Waals surface area contributed by atoms with Gasteiger partial charge in [-0.25, -0.2) is 0 Å². The van der Waals surface area contributed by atoms with E-state index < -0.39 is 0 Å². The van der Waals surface area contributed by atoms with Gasteiger partial charge in [-0.3, -0.25) is 4.79 Å². The molecular formula is C19H30O3. The third kappa shape index (κ3) is 1.84. The fourth-order valence-electron chi connectivity index (χ4n) is 6.88. The van der Waals surface area contributed by atoms with Crippen LogP contribution in [0.3, 0.4) is 0 Å². The van der Waals surface area contributed by atoms with Crippen LogP contribution in [0.1, 0.15) is 65.2 Å². The van der Waals surface area contributed by atoms with E-state index in [2.05, 4.69) is 13.8 Å². The molecule has 0 unspecified atom stereocenters. The summed E-state index contributed by atoms with van der Waals surface area (Å²) in [7, 11) is 0. The zero-order chi connectivity index (χ0) is 15.7. The maximum atomic E-state index is 13.0. The lowest BCUT2D eigenvalue weighted by Gasteiger charge is -2.59. The highest BCUT2D eigenvalue weighted by molar-refractivity contribution is 5.83. The van der Waals surface area contributed by atoms with Gasteiger partial charge in [0.15, 0.2) is 0 Å². The zero-order valence-electron chi connectivity index (χ0n) is 13.9. The summed E-state index contributed by atoms with van der Waals surface area (Å²) in [5.74, 6) is 1.85. The molecular weight excluding hydrogens is 276 g/mol. The molecule has 2 N–H and O–H groups in total. The van der Waals surface area contributed by atoms with E-state index in [0.717, 1.165) is 44.9 Å². The van der Waals surface area contributed by atoms with Gasteiger partial charge in [0.1, 0.15) is 5.78 Å². The van der Waals surface area contributed by atoms with Gasteiger partial charge < -0.3 is 10.2 Å². The van der Waals surface area contributed by atoms with Gasteiger partial charge in [0.25, 0.3) is 0 Å². The molecule has 0 radical (unpaired) electrons. The van der Waals surface area contributed by atoms with Gasteiger partial charge in [-0.2, -0.15) is 0 Å². The molecule has 124 valence electrons. The third-order valence-electron chi connectivity index (χ3n) is 8.39. The molecule has 0 aromatic carbocycles. The van der Waals surface area contributed by atoms with Gasteiger partial charge in [0.2, 0.25) is 0 Å². The van der Waals surface area contributed by atoms with E-state index in [9.17, 15) is 15.0 Å². The first kappa shape index (κ1) is 15.1. The minimum absolute atomic E-state index is 0.0335. The molecule has 8 atom stereocenters.